The first-order valence-corrected chi connectivity index (χ1v) is 7.60. The van der Waals surface area contributed by atoms with E-state index < -0.39 is 5.97 Å². The van der Waals surface area contributed by atoms with Crippen molar-refractivity contribution in [3.63, 3.8) is 0 Å². The third kappa shape index (κ3) is 3.43. The lowest BCUT2D eigenvalue weighted by Crippen LogP contribution is -2.19. The van der Waals surface area contributed by atoms with Gasteiger partial charge in [0.05, 0.1) is 17.0 Å². The molecule has 0 saturated heterocycles. The number of carboxylic acid groups (broad SMARTS) is 1. The van der Waals surface area contributed by atoms with Crippen LogP contribution in [0.25, 0.3) is 0 Å². The van der Waals surface area contributed by atoms with E-state index in [2.05, 4.69) is 15.8 Å². The second-order valence-electron chi connectivity index (χ2n) is 5.61. The summed E-state index contributed by atoms with van der Waals surface area (Å²) < 4.78 is 0. The van der Waals surface area contributed by atoms with E-state index in [0.29, 0.717) is 12.1 Å². The summed E-state index contributed by atoms with van der Waals surface area (Å²) in [6, 6.07) is 12.2. The maximum Gasteiger partial charge on any atom is 0.335 e. The maximum atomic E-state index is 11.4. The van der Waals surface area contributed by atoms with Gasteiger partial charge in [0.15, 0.2) is 0 Å². The van der Waals surface area contributed by atoms with E-state index in [-0.39, 0.29) is 11.5 Å². The van der Waals surface area contributed by atoms with Gasteiger partial charge in [0, 0.05) is 12.1 Å². The lowest BCUT2D eigenvalue weighted by Gasteiger charge is -2.17. The van der Waals surface area contributed by atoms with Crippen LogP contribution in [0.15, 0.2) is 47.6 Å². The molecule has 3 rings (SSSR count). The standard InChI is InChI=1S/C18H17N3O3/c1-11(20-21-15-6-2-12(3-7-15)18(23)24)13-4-8-16-14(10-13)5-9-17(22)19-16/h2-4,6-8,10,21H,5,9H2,1H3,(H,19,22)(H,23,24)/b20-11-. The topological polar surface area (TPSA) is 90.8 Å². The Morgan fingerprint density at radius 2 is 1.83 bits per heavy atom. The van der Waals surface area contributed by atoms with Crippen LogP contribution in [0, 0.1) is 0 Å². The van der Waals surface area contributed by atoms with Crippen molar-refractivity contribution in [1.82, 2.24) is 0 Å². The molecule has 24 heavy (non-hydrogen) atoms. The van der Waals surface area contributed by atoms with Crippen molar-refractivity contribution >= 4 is 29.0 Å². The summed E-state index contributed by atoms with van der Waals surface area (Å²) in [4.78, 5) is 22.2. The summed E-state index contributed by atoms with van der Waals surface area (Å²) >= 11 is 0. The van der Waals surface area contributed by atoms with E-state index in [0.717, 1.165) is 28.9 Å². The maximum absolute atomic E-state index is 11.4. The Bertz CT molecular complexity index is 826. The summed E-state index contributed by atoms with van der Waals surface area (Å²) in [5.74, 6) is -0.908. The Kier molecular flexibility index (Phi) is 4.29. The number of rotatable bonds is 4. The van der Waals surface area contributed by atoms with Gasteiger partial charge in [-0.15, -0.1) is 0 Å². The zero-order chi connectivity index (χ0) is 17.1. The largest absolute Gasteiger partial charge is 0.478 e. The Labute approximate surface area is 139 Å². The smallest absolute Gasteiger partial charge is 0.335 e. The van der Waals surface area contributed by atoms with Crippen molar-refractivity contribution in [2.24, 2.45) is 5.10 Å². The molecule has 6 nitrogen and oxygen atoms in total. The number of carbonyl (C=O) groups excluding carboxylic acids is 1. The number of nitrogens with zero attached hydrogens (tertiary/aromatic N) is 1. The van der Waals surface area contributed by atoms with Crippen LogP contribution in [0.3, 0.4) is 0 Å². The molecule has 0 aliphatic carbocycles. The Morgan fingerprint density at radius 1 is 1.12 bits per heavy atom. The van der Waals surface area contributed by atoms with Gasteiger partial charge in [-0.1, -0.05) is 6.07 Å². The van der Waals surface area contributed by atoms with Crippen LogP contribution in [-0.2, 0) is 11.2 Å². The fourth-order valence-electron chi connectivity index (χ4n) is 2.51. The van der Waals surface area contributed by atoms with Crippen LogP contribution < -0.4 is 10.7 Å². The lowest BCUT2D eigenvalue weighted by molar-refractivity contribution is -0.116. The zero-order valence-electron chi connectivity index (χ0n) is 13.2. The number of anilines is 2. The van der Waals surface area contributed by atoms with Gasteiger partial charge in [-0.25, -0.2) is 4.79 Å². The molecule has 0 spiro atoms. The minimum absolute atomic E-state index is 0.0483. The van der Waals surface area contributed by atoms with Gasteiger partial charge in [0.1, 0.15) is 0 Å². The quantitative estimate of drug-likeness (QED) is 0.595. The van der Waals surface area contributed by atoms with E-state index >= 15 is 0 Å². The van der Waals surface area contributed by atoms with E-state index in [1.165, 1.54) is 12.1 Å². The van der Waals surface area contributed by atoms with Crippen LogP contribution in [0.5, 0.6) is 0 Å². The lowest BCUT2D eigenvalue weighted by atomic mass is 9.99. The molecule has 0 saturated carbocycles. The molecule has 1 heterocycles. The summed E-state index contributed by atoms with van der Waals surface area (Å²) in [5.41, 5.74) is 7.61. The third-order valence-electron chi connectivity index (χ3n) is 3.90. The number of amides is 1. The van der Waals surface area contributed by atoms with Gasteiger partial charge in [0.25, 0.3) is 0 Å². The van der Waals surface area contributed by atoms with E-state index in [4.69, 9.17) is 5.11 Å². The molecule has 0 bridgehead atoms. The van der Waals surface area contributed by atoms with Gasteiger partial charge in [0.2, 0.25) is 5.91 Å². The first-order valence-electron chi connectivity index (χ1n) is 7.60. The molecule has 122 valence electrons. The molecule has 2 aromatic carbocycles. The number of carboxylic acids is 1. The highest BCUT2D eigenvalue weighted by molar-refractivity contribution is 6.01. The number of benzene rings is 2. The van der Waals surface area contributed by atoms with Crippen molar-refractivity contribution in [1.29, 1.82) is 0 Å². The van der Waals surface area contributed by atoms with E-state index in [1.54, 1.807) is 12.1 Å². The summed E-state index contributed by atoms with van der Waals surface area (Å²) in [7, 11) is 0. The molecule has 0 aromatic heterocycles. The monoisotopic (exact) mass is 323 g/mol. The molecule has 6 heteroatoms. The van der Waals surface area contributed by atoms with Crippen LogP contribution in [-0.4, -0.2) is 22.7 Å². The van der Waals surface area contributed by atoms with Gasteiger partial charge in [-0.3, -0.25) is 10.2 Å². The average Bonchev–Trinajstić information content (AvgIpc) is 2.59. The Hall–Kier alpha value is -3.15. The molecule has 1 aliphatic rings. The van der Waals surface area contributed by atoms with Crippen molar-refractivity contribution < 1.29 is 14.7 Å². The molecule has 0 radical (unpaired) electrons. The minimum atomic E-state index is -0.956. The molecule has 1 amide bonds. The van der Waals surface area contributed by atoms with Gasteiger partial charge < -0.3 is 10.4 Å². The fraction of sp³-hybridized carbons (Fsp3) is 0.167. The average molecular weight is 323 g/mol. The van der Waals surface area contributed by atoms with Crippen molar-refractivity contribution in [3.05, 3.63) is 59.2 Å². The number of nitrogens with one attached hydrogen (secondary N) is 2. The van der Waals surface area contributed by atoms with Gasteiger partial charge in [-0.2, -0.15) is 5.10 Å². The summed E-state index contributed by atoms with van der Waals surface area (Å²) in [6.45, 7) is 1.89. The number of fused-ring (bicyclic) bond motifs is 1. The van der Waals surface area contributed by atoms with Crippen LogP contribution in [0.2, 0.25) is 0 Å². The molecular formula is C18H17N3O3. The van der Waals surface area contributed by atoms with E-state index in [1.807, 2.05) is 25.1 Å². The normalized spacial score (nSPS) is 13.9. The SMILES string of the molecule is C/C(=N/Nc1ccc(C(=O)O)cc1)c1ccc2c(c1)CCC(=O)N2. The number of hydrazone groups is 1. The van der Waals surface area contributed by atoms with Crippen molar-refractivity contribution in [3.8, 4) is 0 Å². The molecule has 1 aliphatic heterocycles. The number of aromatic carboxylic acids is 1. The van der Waals surface area contributed by atoms with Crippen LogP contribution in [0.4, 0.5) is 11.4 Å². The number of hydrogen-bond donors (Lipinski definition) is 3. The molecule has 0 fully saturated rings. The summed E-state index contributed by atoms with van der Waals surface area (Å²) in [6.07, 6.45) is 1.23. The van der Waals surface area contributed by atoms with Crippen molar-refractivity contribution in [2.75, 3.05) is 10.7 Å². The van der Waals surface area contributed by atoms with Gasteiger partial charge >= 0.3 is 5.97 Å². The predicted molar refractivity (Wildman–Crippen MR) is 92.6 cm³/mol. The number of hydrogen-bond acceptors (Lipinski definition) is 4. The molecule has 0 unspecified atom stereocenters. The minimum Gasteiger partial charge on any atom is -0.478 e. The van der Waals surface area contributed by atoms with Crippen LogP contribution in [0.1, 0.15) is 34.8 Å². The third-order valence-corrected chi connectivity index (χ3v) is 3.90. The van der Waals surface area contributed by atoms with E-state index in [9.17, 15) is 9.59 Å². The molecule has 3 N–H and O–H groups in total. The Morgan fingerprint density at radius 3 is 2.54 bits per heavy atom. The predicted octanol–water partition coefficient (Wildman–Crippen LogP) is 3.11. The zero-order valence-corrected chi connectivity index (χ0v) is 13.2. The summed E-state index contributed by atoms with van der Waals surface area (Å²) in [5, 5.41) is 16.1. The number of carbonyl (C=O) groups is 2. The molecule has 2 aromatic rings. The Balaban J connectivity index is 1.74. The molecular weight excluding hydrogens is 306 g/mol. The highest BCUT2D eigenvalue weighted by Crippen LogP contribution is 2.24. The van der Waals surface area contributed by atoms with Crippen molar-refractivity contribution in [2.45, 2.75) is 19.8 Å². The second kappa shape index (κ2) is 6.54. The second-order valence-corrected chi connectivity index (χ2v) is 5.61. The number of aryl methyl sites for hydroxylation is 1. The van der Waals surface area contributed by atoms with Crippen LogP contribution >= 0.6 is 0 Å². The highest BCUT2D eigenvalue weighted by Gasteiger charge is 2.15. The first kappa shape index (κ1) is 15.7. The first-order chi connectivity index (χ1) is 11.5. The molecule has 0 atom stereocenters. The fourth-order valence-corrected chi connectivity index (χ4v) is 2.51. The highest BCUT2D eigenvalue weighted by atomic mass is 16.4. The van der Waals surface area contributed by atoms with Gasteiger partial charge in [-0.05, 0) is 60.9 Å².